The summed E-state index contributed by atoms with van der Waals surface area (Å²) in [5, 5.41) is 7.09. The zero-order chi connectivity index (χ0) is 15.8. The van der Waals surface area contributed by atoms with E-state index in [1.54, 1.807) is 0 Å². The predicted molar refractivity (Wildman–Crippen MR) is 83.9 cm³/mol. The van der Waals surface area contributed by atoms with Gasteiger partial charge in [-0.15, -0.1) is 0 Å². The SMILES string of the molecule is Cc1cc(CC(=O)N[C@H]2[C@H]3CCO[C@H]3[C@@H]2N2CCCCC2)on1. The molecule has 0 bridgehead atoms. The van der Waals surface area contributed by atoms with Crippen LogP contribution in [0.15, 0.2) is 10.6 Å². The van der Waals surface area contributed by atoms with E-state index in [0.717, 1.165) is 31.8 Å². The molecule has 3 fully saturated rings. The van der Waals surface area contributed by atoms with Gasteiger partial charge in [0.1, 0.15) is 5.76 Å². The standard InChI is InChI=1S/C17H25N3O3/c1-11-9-12(23-19-11)10-14(21)18-15-13-5-8-22-17(13)16(15)20-6-3-2-4-7-20/h9,13,15-17H,2-8,10H2,1H3,(H,18,21)/t13-,15+,16-,17-/m1/s1. The molecule has 1 aliphatic carbocycles. The molecule has 0 unspecified atom stereocenters. The van der Waals surface area contributed by atoms with Crippen LogP contribution in [0.4, 0.5) is 0 Å². The van der Waals surface area contributed by atoms with Crippen LogP contribution >= 0.6 is 0 Å². The van der Waals surface area contributed by atoms with E-state index in [0.29, 0.717) is 23.8 Å². The van der Waals surface area contributed by atoms with Crippen LogP contribution in [-0.2, 0) is 16.0 Å². The second kappa shape index (κ2) is 6.24. The third kappa shape index (κ3) is 2.90. The topological polar surface area (TPSA) is 67.6 Å². The highest BCUT2D eigenvalue weighted by molar-refractivity contribution is 5.78. The van der Waals surface area contributed by atoms with E-state index in [1.807, 2.05) is 13.0 Å². The summed E-state index contributed by atoms with van der Waals surface area (Å²) in [4.78, 5) is 14.9. The van der Waals surface area contributed by atoms with Crippen molar-refractivity contribution in [2.45, 2.75) is 57.2 Å². The molecule has 6 nitrogen and oxygen atoms in total. The number of rotatable bonds is 4. The average Bonchev–Trinajstić information content (AvgIpc) is 3.13. The molecular weight excluding hydrogens is 294 g/mol. The molecule has 126 valence electrons. The molecule has 0 spiro atoms. The van der Waals surface area contributed by atoms with Crippen molar-refractivity contribution in [3.05, 3.63) is 17.5 Å². The van der Waals surface area contributed by atoms with Crippen molar-refractivity contribution in [1.29, 1.82) is 0 Å². The molecule has 3 heterocycles. The molecule has 1 amide bonds. The van der Waals surface area contributed by atoms with Crippen molar-refractivity contribution >= 4 is 5.91 Å². The van der Waals surface area contributed by atoms with Gasteiger partial charge in [0.05, 0.1) is 30.3 Å². The van der Waals surface area contributed by atoms with E-state index in [4.69, 9.17) is 9.26 Å². The third-order valence-electron chi connectivity index (χ3n) is 5.50. The van der Waals surface area contributed by atoms with Gasteiger partial charge in [-0.2, -0.15) is 0 Å². The fraction of sp³-hybridized carbons (Fsp3) is 0.765. The first-order valence-electron chi connectivity index (χ1n) is 8.79. The summed E-state index contributed by atoms with van der Waals surface area (Å²) in [7, 11) is 0. The lowest BCUT2D eigenvalue weighted by atomic mass is 9.70. The highest BCUT2D eigenvalue weighted by atomic mass is 16.5. The summed E-state index contributed by atoms with van der Waals surface area (Å²) < 4.78 is 11.1. The predicted octanol–water partition coefficient (Wildman–Crippen LogP) is 1.28. The largest absolute Gasteiger partial charge is 0.376 e. The van der Waals surface area contributed by atoms with E-state index < -0.39 is 0 Å². The zero-order valence-electron chi connectivity index (χ0n) is 13.7. The van der Waals surface area contributed by atoms with E-state index in [-0.39, 0.29) is 18.4 Å². The summed E-state index contributed by atoms with van der Waals surface area (Å²) in [5.41, 5.74) is 0.812. The van der Waals surface area contributed by atoms with Gasteiger partial charge in [0.25, 0.3) is 0 Å². The second-order valence-electron chi connectivity index (χ2n) is 7.08. The van der Waals surface area contributed by atoms with Gasteiger partial charge in [-0.25, -0.2) is 0 Å². The molecule has 1 aromatic rings. The number of aromatic nitrogens is 1. The van der Waals surface area contributed by atoms with Crippen molar-refractivity contribution in [1.82, 2.24) is 15.4 Å². The number of nitrogens with zero attached hydrogens (tertiary/aromatic N) is 2. The number of aryl methyl sites for hydroxylation is 1. The van der Waals surface area contributed by atoms with Gasteiger partial charge in [0.2, 0.25) is 5.91 Å². The molecule has 2 saturated heterocycles. The number of carbonyl (C=O) groups excluding carboxylic acids is 1. The Bertz CT molecular complexity index is 567. The number of piperidine rings is 1. The first kappa shape index (κ1) is 15.1. The number of amides is 1. The van der Waals surface area contributed by atoms with Crippen molar-refractivity contribution in [2.75, 3.05) is 19.7 Å². The van der Waals surface area contributed by atoms with E-state index in [1.165, 1.54) is 19.3 Å². The van der Waals surface area contributed by atoms with E-state index in [9.17, 15) is 4.79 Å². The normalized spacial score (nSPS) is 34.0. The minimum atomic E-state index is 0.0264. The van der Waals surface area contributed by atoms with Crippen LogP contribution in [-0.4, -0.2) is 53.8 Å². The first-order valence-corrected chi connectivity index (χ1v) is 8.79. The number of likely N-dealkylation sites (tertiary alicyclic amines) is 1. The number of carbonyl (C=O) groups is 1. The van der Waals surface area contributed by atoms with E-state index in [2.05, 4.69) is 15.4 Å². The Labute approximate surface area is 136 Å². The quantitative estimate of drug-likeness (QED) is 0.905. The maximum Gasteiger partial charge on any atom is 0.228 e. The molecule has 6 heteroatoms. The van der Waals surface area contributed by atoms with Crippen LogP contribution in [0.5, 0.6) is 0 Å². The molecule has 1 aromatic heterocycles. The Balaban J connectivity index is 1.40. The smallest absolute Gasteiger partial charge is 0.228 e. The number of hydrogen-bond acceptors (Lipinski definition) is 5. The van der Waals surface area contributed by atoms with Crippen LogP contribution in [0.25, 0.3) is 0 Å². The van der Waals surface area contributed by atoms with Gasteiger partial charge in [0.15, 0.2) is 0 Å². The fourth-order valence-electron chi connectivity index (χ4n) is 4.41. The maximum absolute atomic E-state index is 12.4. The first-order chi connectivity index (χ1) is 11.2. The van der Waals surface area contributed by atoms with Crippen molar-refractivity contribution < 1.29 is 14.1 Å². The number of fused-ring (bicyclic) bond motifs is 1. The minimum absolute atomic E-state index is 0.0264. The Hall–Kier alpha value is -1.40. The van der Waals surface area contributed by atoms with Gasteiger partial charge in [0, 0.05) is 18.6 Å². The molecule has 4 atom stereocenters. The van der Waals surface area contributed by atoms with Crippen LogP contribution in [0.2, 0.25) is 0 Å². The highest BCUT2D eigenvalue weighted by Gasteiger charge is 2.56. The monoisotopic (exact) mass is 319 g/mol. The average molecular weight is 319 g/mol. The molecule has 4 rings (SSSR count). The fourth-order valence-corrected chi connectivity index (χ4v) is 4.41. The molecular formula is C17H25N3O3. The van der Waals surface area contributed by atoms with Crippen LogP contribution < -0.4 is 5.32 Å². The zero-order valence-corrected chi connectivity index (χ0v) is 13.7. The molecule has 3 aliphatic rings. The molecule has 0 aromatic carbocycles. The second-order valence-corrected chi connectivity index (χ2v) is 7.08. The Morgan fingerprint density at radius 1 is 1.39 bits per heavy atom. The third-order valence-corrected chi connectivity index (χ3v) is 5.50. The van der Waals surface area contributed by atoms with Crippen molar-refractivity contribution in [3.63, 3.8) is 0 Å². The molecule has 1 saturated carbocycles. The number of nitrogens with one attached hydrogen (secondary N) is 1. The summed E-state index contributed by atoms with van der Waals surface area (Å²) in [6, 6.07) is 2.39. The summed E-state index contributed by atoms with van der Waals surface area (Å²) in [5.74, 6) is 1.13. The molecule has 2 aliphatic heterocycles. The summed E-state index contributed by atoms with van der Waals surface area (Å²) in [6.45, 7) is 4.95. The van der Waals surface area contributed by atoms with Gasteiger partial charge in [-0.1, -0.05) is 11.6 Å². The highest BCUT2D eigenvalue weighted by Crippen LogP contribution is 2.42. The number of hydrogen-bond donors (Lipinski definition) is 1. The number of ether oxygens (including phenoxy) is 1. The summed E-state index contributed by atoms with van der Waals surface area (Å²) in [6.07, 6.45) is 5.47. The maximum atomic E-state index is 12.4. The Morgan fingerprint density at radius 2 is 2.22 bits per heavy atom. The summed E-state index contributed by atoms with van der Waals surface area (Å²) >= 11 is 0. The molecule has 1 N–H and O–H groups in total. The Kier molecular flexibility index (Phi) is 4.11. The minimum Gasteiger partial charge on any atom is -0.376 e. The van der Waals surface area contributed by atoms with Gasteiger partial charge in [-0.3, -0.25) is 9.69 Å². The van der Waals surface area contributed by atoms with Crippen molar-refractivity contribution in [3.8, 4) is 0 Å². The lowest BCUT2D eigenvalue weighted by Crippen LogP contribution is -2.71. The van der Waals surface area contributed by atoms with Crippen LogP contribution in [0.1, 0.15) is 37.1 Å². The van der Waals surface area contributed by atoms with E-state index >= 15 is 0 Å². The lowest BCUT2D eigenvalue weighted by molar-refractivity contribution is -0.130. The van der Waals surface area contributed by atoms with Crippen LogP contribution in [0, 0.1) is 12.8 Å². The molecule has 23 heavy (non-hydrogen) atoms. The van der Waals surface area contributed by atoms with Crippen LogP contribution in [0.3, 0.4) is 0 Å². The lowest BCUT2D eigenvalue weighted by Gasteiger charge is -2.53. The molecule has 0 radical (unpaired) electrons. The van der Waals surface area contributed by atoms with Gasteiger partial charge >= 0.3 is 0 Å². The Morgan fingerprint density at radius 3 is 2.96 bits per heavy atom. The van der Waals surface area contributed by atoms with Crippen molar-refractivity contribution in [2.24, 2.45) is 5.92 Å². The van der Waals surface area contributed by atoms with Gasteiger partial charge in [-0.05, 0) is 39.3 Å². The van der Waals surface area contributed by atoms with Gasteiger partial charge < -0.3 is 14.6 Å².